The third-order valence-electron chi connectivity index (χ3n) is 3.38. The van der Waals surface area contributed by atoms with Crippen LogP contribution in [0.3, 0.4) is 0 Å². The summed E-state index contributed by atoms with van der Waals surface area (Å²) in [6.07, 6.45) is 1.47. The van der Waals surface area contributed by atoms with Gasteiger partial charge in [0.15, 0.2) is 5.75 Å². The monoisotopic (exact) mass is 357 g/mol. The van der Waals surface area contributed by atoms with Gasteiger partial charge in [-0.15, -0.1) is 5.10 Å². The molecule has 0 aliphatic heterocycles. The molecule has 0 aromatic heterocycles. The van der Waals surface area contributed by atoms with Crippen molar-refractivity contribution >= 4 is 17.9 Å². The average molecular weight is 357 g/mol. The highest BCUT2D eigenvalue weighted by Crippen LogP contribution is 2.29. The third kappa shape index (κ3) is 4.94. The van der Waals surface area contributed by atoms with E-state index in [1.165, 1.54) is 19.4 Å². The minimum atomic E-state index is -0.482. The summed E-state index contributed by atoms with van der Waals surface area (Å²) in [5, 5.41) is 18.4. The van der Waals surface area contributed by atoms with Crippen LogP contribution in [0.15, 0.2) is 46.6 Å². The Morgan fingerprint density at radius 3 is 2.65 bits per heavy atom. The molecule has 0 unspecified atom stereocenters. The predicted molar refractivity (Wildman–Crippen MR) is 98.6 cm³/mol. The molecule has 26 heavy (non-hydrogen) atoms. The molecule has 2 aromatic carbocycles. The van der Waals surface area contributed by atoms with E-state index >= 15 is 0 Å². The zero-order chi connectivity index (χ0) is 19.1. The summed E-state index contributed by atoms with van der Waals surface area (Å²) >= 11 is 0. The summed E-state index contributed by atoms with van der Waals surface area (Å²) in [4.78, 5) is 10.7. The van der Waals surface area contributed by atoms with E-state index in [0.717, 1.165) is 5.56 Å². The lowest BCUT2D eigenvalue weighted by atomic mass is 10.1. The van der Waals surface area contributed by atoms with Crippen LogP contribution in [-0.4, -0.2) is 24.2 Å². The molecule has 0 saturated heterocycles. The van der Waals surface area contributed by atoms with E-state index < -0.39 is 4.92 Å². The van der Waals surface area contributed by atoms with Gasteiger partial charge in [-0.25, -0.2) is 0 Å². The molecule has 0 bridgehead atoms. The van der Waals surface area contributed by atoms with Crippen LogP contribution >= 0.6 is 0 Å². The van der Waals surface area contributed by atoms with Crippen molar-refractivity contribution in [3.8, 4) is 11.5 Å². The Kier molecular flexibility index (Phi) is 6.10. The van der Waals surface area contributed by atoms with Gasteiger partial charge in [-0.05, 0) is 42.3 Å². The van der Waals surface area contributed by atoms with Gasteiger partial charge in [0.25, 0.3) is 0 Å². The van der Waals surface area contributed by atoms with E-state index in [2.05, 4.69) is 10.2 Å². The van der Waals surface area contributed by atoms with Crippen LogP contribution in [-0.2, 0) is 6.61 Å². The topological polar surface area (TPSA) is 138 Å². The largest absolute Gasteiger partial charge is 0.496 e. The number of hydrogen-bond donors (Lipinski definition) is 2. The van der Waals surface area contributed by atoms with E-state index in [1.54, 1.807) is 30.3 Å². The number of aryl methyl sites for hydroxylation is 1. The molecule has 0 aliphatic rings. The lowest BCUT2D eigenvalue weighted by molar-refractivity contribution is -0.386. The fourth-order valence-corrected chi connectivity index (χ4v) is 2.20. The summed E-state index contributed by atoms with van der Waals surface area (Å²) in [5.41, 5.74) is 12.6. The van der Waals surface area contributed by atoms with Crippen molar-refractivity contribution in [1.82, 2.24) is 0 Å². The van der Waals surface area contributed by atoms with Gasteiger partial charge in [0.1, 0.15) is 12.4 Å². The fraction of sp³-hybridized carbons (Fsp3) is 0.176. The molecule has 0 aliphatic carbocycles. The quantitative estimate of drug-likeness (QED) is 0.337. The molecule has 136 valence electrons. The number of benzene rings is 2. The van der Waals surface area contributed by atoms with E-state index in [4.69, 9.17) is 20.9 Å². The molecular formula is C17H19N5O4. The van der Waals surface area contributed by atoms with Crippen LogP contribution in [0.4, 0.5) is 5.69 Å². The number of nitrogens with two attached hydrogens (primary N) is 2. The molecule has 0 atom stereocenters. The molecule has 9 nitrogen and oxygen atoms in total. The lowest BCUT2D eigenvalue weighted by Gasteiger charge is -2.11. The first kappa shape index (κ1) is 18.7. The molecule has 0 amide bonds. The van der Waals surface area contributed by atoms with Gasteiger partial charge in [0.2, 0.25) is 5.96 Å². The first-order valence-electron chi connectivity index (χ1n) is 7.57. The highest BCUT2D eigenvalue weighted by atomic mass is 16.6. The van der Waals surface area contributed by atoms with Crippen LogP contribution in [0.25, 0.3) is 0 Å². The van der Waals surface area contributed by atoms with E-state index in [9.17, 15) is 10.1 Å². The summed E-state index contributed by atoms with van der Waals surface area (Å²) in [5.74, 6) is 0.626. The Morgan fingerprint density at radius 2 is 2.00 bits per heavy atom. The smallest absolute Gasteiger partial charge is 0.310 e. The van der Waals surface area contributed by atoms with Gasteiger partial charge in [-0.1, -0.05) is 6.07 Å². The molecule has 0 heterocycles. The van der Waals surface area contributed by atoms with Crippen molar-refractivity contribution < 1.29 is 14.4 Å². The van der Waals surface area contributed by atoms with Gasteiger partial charge in [0, 0.05) is 11.6 Å². The molecule has 2 rings (SSSR count). The Labute approximate surface area is 150 Å². The number of nitrogens with zero attached hydrogens (tertiary/aromatic N) is 3. The number of guanidine groups is 1. The van der Waals surface area contributed by atoms with Crippen molar-refractivity contribution in [2.75, 3.05) is 7.11 Å². The summed E-state index contributed by atoms with van der Waals surface area (Å²) in [7, 11) is 1.53. The van der Waals surface area contributed by atoms with Gasteiger partial charge in [0.05, 0.1) is 18.2 Å². The number of ether oxygens (including phenoxy) is 2. The zero-order valence-electron chi connectivity index (χ0n) is 14.4. The maximum atomic E-state index is 11.1. The molecule has 4 N–H and O–H groups in total. The van der Waals surface area contributed by atoms with Crippen molar-refractivity contribution in [2.24, 2.45) is 21.7 Å². The summed E-state index contributed by atoms with van der Waals surface area (Å²) in [6.45, 7) is 1.91. The minimum Gasteiger partial charge on any atom is -0.496 e. The van der Waals surface area contributed by atoms with Crippen molar-refractivity contribution in [1.29, 1.82) is 0 Å². The maximum Gasteiger partial charge on any atom is 0.310 e. The lowest BCUT2D eigenvalue weighted by Crippen LogP contribution is -2.21. The zero-order valence-corrected chi connectivity index (χ0v) is 14.4. The number of rotatable bonds is 7. The van der Waals surface area contributed by atoms with E-state index in [1.807, 2.05) is 6.92 Å². The van der Waals surface area contributed by atoms with Gasteiger partial charge < -0.3 is 20.9 Å². The predicted octanol–water partition coefficient (Wildman–Crippen LogP) is 2.10. The molecule has 2 aromatic rings. The molecule has 9 heteroatoms. The molecule has 0 saturated carbocycles. The highest BCUT2D eigenvalue weighted by Gasteiger charge is 2.16. The number of methoxy groups -OCH3 is 1. The second kappa shape index (κ2) is 8.47. The molecule has 0 radical (unpaired) electrons. The van der Waals surface area contributed by atoms with Gasteiger partial charge in [-0.2, -0.15) is 5.10 Å². The molecule has 0 spiro atoms. The van der Waals surface area contributed by atoms with Gasteiger partial charge in [-0.3, -0.25) is 10.1 Å². The number of hydrogen-bond acceptors (Lipinski definition) is 6. The third-order valence-corrected chi connectivity index (χ3v) is 3.38. The van der Waals surface area contributed by atoms with Crippen molar-refractivity contribution in [3.63, 3.8) is 0 Å². The average Bonchev–Trinajstić information content (AvgIpc) is 2.59. The van der Waals surface area contributed by atoms with Crippen LogP contribution in [0.5, 0.6) is 11.5 Å². The Hall–Kier alpha value is -3.62. The Bertz CT molecular complexity index is 860. The molecule has 0 fully saturated rings. The SMILES string of the molecule is COc1ccc(C=NN=C(N)N)cc1COc1cc(C)ccc1[N+](=O)[O-]. The highest BCUT2D eigenvalue weighted by molar-refractivity contribution is 5.82. The van der Waals surface area contributed by atoms with Crippen LogP contribution < -0.4 is 20.9 Å². The second-order valence-corrected chi connectivity index (χ2v) is 5.36. The van der Waals surface area contributed by atoms with E-state index in [0.29, 0.717) is 16.9 Å². The first-order valence-corrected chi connectivity index (χ1v) is 7.57. The number of nitro benzene ring substituents is 1. The second-order valence-electron chi connectivity index (χ2n) is 5.36. The van der Waals surface area contributed by atoms with Gasteiger partial charge >= 0.3 is 5.69 Å². The molecular weight excluding hydrogens is 338 g/mol. The normalized spacial score (nSPS) is 10.5. The standard InChI is InChI=1S/C17H19N5O4/c1-11-3-5-14(22(23)24)16(7-11)26-10-13-8-12(4-6-15(13)25-2)9-20-21-17(18)19/h3-9H,10H2,1-2H3,(H4,18,19,21). The van der Waals surface area contributed by atoms with Crippen molar-refractivity contribution in [3.05, 3.63) is 63.2 Å². The fourth-order valence-electron chi connectivity index (χ4n) is 2.20. The summed E-state index contributed by atoms with van der Waals surface area (Å²) < 4.78 is 11.0. The Balaban J connectivity index is 2.26. The maximum absolute atomic E-state index is 11.1. The van der Waals surface area contributed by atoms with Crippen LogP contribution in [0, 0.1) is 17.0 Å². The Morgan fingerprint density at radius 1 is 1.23 bits per heavy atom. The van der Waals surface area contributed by atoms with E-state index in [-0.39, 0.29) is 24.0 Å². The summed E-state index contributed by atoms with van der Waals surface area (Å²) in [6, 6.07) is 9.97. The first-order chi connectivity index (χ1) is 12.4. The van der Waals surface area contributed by atoms with Crippen LogP contribution in [0.2, 0.25) is 0 Å². The van der Waals surface area contributed by atoms with Crippen LogP contribution in [0.1, 0.15) is 16.7 Å². The number of nitro groups is 1. The minimum absolute atomic E-state index is 0.0808. The van der Waals surface area contributed by atoms with Crippen molar-refractivity contribution in [2.45, 2.75) is 13.5 Å².